The summed E-state index contributed by atoms with van der Waals surface area (Å²) in [5, 5.41) is 3.05. The average molecular weight is 325 g/mol. The maximum absolute atomic E-state index is 12.0. The van der Waals surface area contributed by atoms with E-state index < -0.39 is 0 Å². The van der Waals surface area contributed by atoms with Gasteiger partial charge in [-0.05, 0) is 51.1 Å². The summed E-state index contributed by atoms with van der Waals surface area (Å²) < 4.78 is 1.08. The highest BCUT2D eigenvalue weighted by Crippen LogP contribution is 2.47. The van der Waals surface area contributed by atoms with Crippen LogP contribution in [0.15, 0.2) is 28.7 Å². The van der Waals surface area contributed by atoms with E-state index >= 15 is 0 Å². The molecule has 1 aliphatic rings. The molecule has 3 atom stereocenters. The quantitative estimate of drug-likeness (QED) is 0.903. The molecule has 0 bridgehead atoms. The first-order chi connectivity index (χ1) is 8.99. The van der Waals surface area contributed by atoms with Crippen LogP contribution in [0.25, 0.3) is 0 Å². The third-order valence-corrected chi connectivity index (χ3v) is 4.41. The fourth-order valence-corrected chi connectivity index (χ4v) is 2.39. The van der Waals surface area contributed by atoms with Gasteiger partial charge in [-0.25, -0.2) is 0 Å². The zero-order valence-corrected chi connectivity index (χ0v) is 13.3. The Kier molecular flexibility index (Phi) is 4.63. The van der Waals surface area contributed by atoms with Crippen molar-refractivity contribution in [1.29, 1.82) is 0 Å². The number of carbonyl (C=O) groups is 1. The number of likely N-dealkylation sites (N-methyl/N-ethyl adjacent to an activating group) is 1. The number of hydrogen-bond donors (Lipinski definition) is 1. The van der Waals surface area contributed by atoms with E-state index in [1.54, 1.807) is 0 Å². The lowest BCUT2D eigenvalue weighted by Crippen LogP contribution is -2.38. The summed E-state index contributed by atoms with van der Waals surface area (Å²) >= 11 is 3.43. The van der Waals surface area contributed by atoms with Gasteiger partial charge >= 0.3 is 0 Å². The summed E-state index contributed by atoms with van der Waals surface area (Å²) in [6, 6.07) is 8.65. The Balaban J connectivity index is 1.82. The van der Waals surface area contributed by atoms with Gasteiger partial charge in [0.25, 0.3) is 0 Å². The molecule has 1 aromatic carbocycles. The van der Waals surface area contributed by atoms with Gasteiger partial charge in [-0.15, -0.1) is 0 Å². The Labute approximate surface area is 123 Å². The van der Waals surface area contributed by atoms with E-state index in [0.29, 0.717) is 12.0 Å². The van der Waals surface area contributed by atoms with Crippen molar-refractivity contribution in [1.82, 2.24) is 10.2 Å². The number of carbonyl (C=O) groups excluding carboxylic acids is 1. The molecule has 0 aromatic heterocycles. The second-order valence-electron chi connectivity index (χ2n) is 5.56. The van der Waals surface area contributed by atoms with E-state index in [0.717, 1.165) is 17.4 Å². The lowest BCUT2D eigenvalue weighted by atomic mass is 10.1. The van der Waals surface area contributed by atoms with Crippen molar-refractivity contribution in [3.8, 4) is 0 Å². The molecule has 2 rings (SSSR count). The smallest absolute Gasteiger partial charge is 0.223 e. The number of rotatable bonds is 5. The molecule has 1 aliphatic carbocycles. The van der Waals surface area contributed by atoms with Crippen LogP contribution >= 0.6 is 15.9 Å². The van der Waals surface area contributed by atoms with Crippen molar-refractivity contribution in [3.63, 3.8) is 0 Å². The Bertz CT molecular complexity index is 444. The van der Waals surface area contributed by atoms with Gasteiger partial charge in [-0.3, -0.25) is 4.79 Å². The number of amides is 1. The summed E-state index contributed by atoms with van der Waals surface area (Å²) in [6.07, 6.45) is 0.976. The summed E-state index contributed by atoms with van der Waals surface area (Å²) in [5.41, 5.74) is 1.27. The number of hydrogen-bond acceptors (Lipinski definition) is 2. The topological polar surface area (TPSA) is 32.3 Å². The van der Waals surface area contributed by atoms with Crippen LogP contribution in [0.4, 0.5) is 0 Å². The minimum absolute atomic E-state index is 0.163. The molecule has 1 saturated carbocycles. The second kappa shape index (κ2) is 6.06. The molecule has 4 heteroatoms. The Morgan fingerprint density at radius 2 is 2.05 bits per heavy atom. The molecule has 1 amide bonds. The molecule has 1 fully saturated rings. The molecule has 0 radical (unpaired) electrons. The largest absolute Gasteiger partial charge is 0.354 e. The van der Waals surface area contributed by atoms with E-state index in [4.69, 9.17) is 0 Å². The molecule has 19 heavy (non-hydrogen) atoms. The summed E-state index contributed by atoms with van der Waals surface area (Å²) in [7, 11) is 4.05. The SMILES string of the molecule is CC(CNC(=O)C1CC1c1ccc(Br)cc1)N(C)C. The maximum Gasteiger partial charge on any atom is 0.223 e. The number of halogens is 1. The van der Waals surface area contributed by atoms with Crippen molar-refractivity contribution in [3.05, 3.63) is 34.3 Å². The van der Waals surface area contributed by atoms with Crippen LogP contribution in [0.2, 0.25) is 0 Å². The van der Waals surface area contributed by atoms with Gasteiger partial charge in [0.1, 0.15) is 0 Å². The van der Waals surface area contributed by atoms with E-state index in [2.05, 4.69) is 45.2 Å². The lowest BCUT2D eigenvalue weighted by Gasteiger charge is -2.19. The van der Waals surface area contributed by atoms with Gasteiger partial charge in [0, 0.05) is 23.0 Å². The molecule has 3 nitrogen and oxygen atoms in total. The normalized spacial score (nSPS) is 23.2. The van der Waals surface area contributed by atoms with Crippen LogP contribution in [0.1, 0.15) is 24.8 Å². The van der Waals surface area contributed by atoms with Crippen molar-refractivity contribution in [2.45, 2.75) is 25.3 Å². The van der Waals surface area contributed by atoms with Crippen molar-refractivity contribution < 1.29 is 4.79 Å². The van der Waals surface area contributed by atoms with Crippen LogP contribution in [0.5, 0.6) is 0 Å². The number of benzene rings is 1. The molecular weight excluding hydrogens is 304 g/mol. The molecule has 0 aliphatic heterocycles. The third-order valence-electron chi connectivity index (χ3n) is 3.88. The highest BCUT2D eigenvalue weighted by Gasteiger charge is 2.43. The van der Waals surface area contributed by atoms with Crippen molar-refractivity contribution >= 4 is 21.8 Å². The Hall–Kier alpha value is -0.870. The zero-order valence-electron chi connectivity index (χ0n) is 11.7. The second-order valence-corrected chi connectivity index (χ2v) is 6.47. The predicted octanol–water partition coefficient (Wildman–Crippen LogP) is 2.62. The van der Waals surface area contributed by atoms with E-state index in [-0.39, 0.29) is 11.8 Å². The van der Waals surface area contributed by atoms with Gasteiger partial charge in [0.05, 0.1) is 0 Å². The van der Waals surface area contributed by atoms with Crippen LogP contribution in [-0.2, 0) is 4.79 Å². The molecule has 104 valence electrons. The lowest BCUT2D eigenvalue weighted by molar-refractivity contribution is -0.122. The zero-order chi connectivity index (χ0) is 14.0. The Morgan fingerprint density at radius 3 is 2.63 bits per heavy atom. The molecule has 3 unspecified atom stereocenters. The molecule has 1 aromatic rings. The molecule has 0 spiro atoms. The van der Waals surface area contributed by atoms with Crippen LogP contribution in [0, 0.1) is 5.92 Å². The fraction of sp³-hybridized carbons (Fsp3) is 0.533. The maximum atomic E-state index is 12.0. The van der Waals surface area contributed by atoms with Crippen molar-refractivity contribution in [2.75, 3.05) is 20.6 Å². The van der Waals surface area contributed by atoms with E-state index in [1.165, 1.54) is 5.56 Å². The summed E-state index contributed by atoms with van der Waals surface area (Å²) in [5.74, 6) is 0.764. The fourth-order valence-electron chi connectivity index (χ4n) is 2.13. The highest BCUT2D eigenvalue weighted by atomic mass is 79.9. The molecule has 0 saturated heterocycles. The van der Waals surface area contributed by atoms with Gasteiger partial charge in [-0.1, -0.05) is 28.1 Å². The minimum Gasteiger partial charge on any atom is -0.354 e. The first-order valence-corrected chi connectivity index (χ1v) is 7.48. The van der Waals surface area contributed by atoms with Gasteiger partial charge in [-0.2, -0.15) is 0 Å². The van der Waals surface area contributed by atoms with Crippen LogP contribution < -0.4 is 5.32 Å². The van der Waals surface area contributed by atoms with Gasteiger partial charge < -0.3 is 10.2 Å². The standard InChI is InChI=1S/C15H21BrN2O/c1-10(18(2)3)9-17-15(19)14-8-13(14)11-4-6-12(16)7-5-11/h4-7,10,13-14H,8-9H2,1-3H3,(H,17,19). The van der Waals surface area contributed by atoms with Gasteiger partial charge in [0.2, 0.25) is 5.91 Å². The van der Waals surface area contributed by atoms with E-state index in [9.17, 15) is 4.79 Å². The highest BCUT2D eigenvalue weighted by molar-refractivity contribution is 9.10. The number of nitrogens with one attached hydrogen (secondary N) is 1. The van der Waals surface area contributed by atoms with Crippen molar-refractivity contribution in [2.24, 2.45) is 5.92 Å². The molecule has 1 N–H and O–H groups in total. The van der Waals surface area contributed by atoms with Gasteiger partial charge in [0.15, 0.2) is 0 Å². The molecule has 0 heterocycles. The van der Waals surface area contributed by atoms with E-state index in [1.807, 2.05) is 26.2 Å². The monoisotopic (exact) mass is 324 g/mol. The summed E-state index contributed by atoms with van der Waals surface area (Å²) in [4.78, 5) is 14.2. The predicted molar refractivity (Wildman–Crippen MR) is 81.1 cm³/mol. The van der Waals surface area contributed by atoms with Crippen LogP contribution in [-0.4, -0.2) is 37.5 Å². The first-order valence-electron chi connectivity index (χ1n) is 6.68. The first kappa shape index (κ1) is 14.5. The van der Waals surface area contributed by atoms with Crippen LogP contribution in [0.3, 0.4) is 0 Å². The average Bonchev–Trinajstić information content (AvgIpc) is 3.16. The Morgan fingerprint density at radius 1 is 1.42 bits per heavy atom. The molecular formula is C15H21BrN2O. The minimum atomic E-state index is 0.163. The number of nitrogens with zero attached hydrogens (tertiary/aromatic N) is 1. The third kappa shape index (κ3) is 3.80. The summed E-state index contributed by atoms with van der Waals surface area (Å²) in [6.45, 7) is 2.83.